The van der Waals surface area contributed by atoms with Crippen LogP contribution >= 0.6 is 0 Å². The first-order chi connectivity index (χ1) is 11.8. The summed E-state index contributed by atoms with van der Waals surface area (Å²) >= 11 is 0. The number of piperidine rings is 1. The molecule has 0 atom stereocenters. The molecule has 2 aromatic rings. The summed E-state index contributed by atoms with van der Waals surface area (Å²) in [6, 6.07) is 11.6. The van der Waals surface area contributed by atoms with Crippen LogP contribution in [0.15, 0.2) is 36.4 Å². The topological polar surface area (TPSA) is 47.4 Å². The van der Waals surface area contributed by atoms with E-state index in [1.165, 1.54) is 6.42 Å². The van der Waals surface area contributed by atoms with E-state index in [1.54, 1.807) is 10.7 Å². The zero-order chi connectivity index (χ0) is 16.8. The zero-order valence-corrected chi connectivity index (χ0v) is 14.3. The monoisotopic (exact) mass is 327 g/mol. The first-order valence-corrected chi connectivity index (χ1v) is 8.87. The Balaban J connectivity index is 1.86. The fourth-order valence-electron chi connectivity index (χ4n) is 2.91. The van der Waals surface area contributed by atoms with Crippen LogP contribution in [-0.2, 0) is 0 Å². The number of benzene rings is 1. The minimum Gasteiger partial charge on any atom is -0.478 e. The van der Waals surface area contributed by atoms with Crippen molar-refractivity contribution in [1.29, 1.82) is 0 Å². The van der Waals surface area contributed by atoms with Crippen molar-refractivity contribution in [1.82, 2.24) is 14.7 Å². The quantitative estimate of drug-likeness (QED) is 0.761. The molecule has 0 radical (unpaired) electrons. The lowest BCUT2D eigenvalue weighted by atomic mass is 10.1. The number of ether oxygens (including phenoxy) is 1. The molecular formula is C19H25N3O2. The van der Waals surface area contributed by atoms with Gasteiger partial charge in [-0.25, -0.2) is 4.68 Å². The second-order valence-electron chi connectivity index (χ2n) is 6.17. The van der Waals surface area contributed by atoms with E-state index >= 15 is 0 Å². The van der Waals surface area contributed by atoms with Gasteiger partial charge in [0.2, 0.25) is 5.88 Å². The molecule has 1 aromatic heterocycles. The fraction of sp³-hybridized carbons (Fsp3) is 0.474. The Kier molecular flexibility index (Phi) is 5.51. The van der Waals surface area contributed by atoms with Gasteiger partial charge in [-0.15, -0.1) is 0 Å². The summed E-state index contributed by atoms with van der Waals surface area (Å²) in [7, 11) is 0. The Morgan fingerprint density at radius 2 is 1.92 bits per heavy atom. The second kappa shape index (κ2) is 7.99. The number of carbonyl (C=O) groups excluding carboxylic acids is 1. The summed E-state index contributed by atoms with van der Waals surface area (Å²) in [5.74, 6) is 0.639. The molecule has 0 N–H and O–H groups in total. The highest BCUT2D eigenvalue weighted by Gasteiger charge is 2.23. The van der Waals surface area contributed by atoms with Gasteiger partial charge >= 0.3 is 0 Å². The number of para-hydroxylation sites is 1. The van der Waals surface area contributed by atoms with Crippen LogP contribution in [0.25, 0.3) is 5.69 Å². The highest BCUT2D eigenvalue weighted by molar-refractivity contribution is 5.92. The number of unbranched alkanes of at least 4 members (excludes halogenated alkanes) is 1. The molecule has 0 aliphatic carbocycles. The predicted molar refractivity (Wildman–Crippen MR) is 93.7 cm³/mol. The lowest BCUT2D eigenvalue weighted by molar-refractivity contribution is 0.0718. The fourth-order valence-corrected chi connectivity index (χ4v) is 2.91. The van der Waals surface area contributed by atoms with Crippen molar-refractivity contribution in [3.8, 4) is 11.6 Å². The van der Waals surface area contributed by atoms with Crippen LogP contribution in [0.4, 0.5) is 0 Å². The van der Waals surface area contributed by atoms with Gasteiger partial charge in [0, 0.05) is 19.2 Å². The Morgan fingerprint density at radius 3 is 2.62 bits per heavy atom. The number of aromatic nitrogens is 2. The molecule has 128 valence electrons. The molecule has 0 saturated carbocycles. The van der Waals surface area contributed by atoms with Crippen molar-refractivity contribution in [3.63, 3.8) is 0 Å². The molecule has 24 heavy (non-hydrogen) atoms. The van der Waals surface area contributed by atoms with E-state index in [0.717, 1.165) is 44.5 Å². The number of likely N-dealkylation sites (tertiary alicyclic amines) is 1. The van der Waals surface area contributed by atoms with Gasteiger partial charge in [-0.3, -0.25) is 4.79 Å². The molecule has 1 aliphatic rings. The van der Waals surface area contributed by atoms with Crippen LogP contribution in [0.5, 0.6) is 5.88 Å². The summed E-state index contributed by atoms with van der Waals surface area (Å²) < 4.78 is 7.61. The van der Waals surface area contributed by atoms with E-state index in [4.69, 9.17) is 4.74 Å². The summed E-state index contributed by atoms with van der Waals surface area (Å²) in [5, 5.41) is 4.53. The second-order valence-corrected chi connectivity index (χ2v) is 6.17. The Labute approximate surface area is 143 Å². The lowest BCUT2D eigenvalue weighted by Crippen LogP contribution is -2.35. The van der Waals surface area contributed by atoms with Crippen LogP contribution < -0.4 is 4.74 Å². The molecule has 0 spiro atoms. The van der Waals surface area contributed by atoms with Gasteiger partial charge < -0.3 is 9.64 Å². The summed E-state index contributed by atoms with van der Waals surface area (Å²) in [6.45, 7) is 4.40. The molecule has 0 bridgehead atoms. The molecule has 1 saturated heterocycles. The minimum absolute atomic E-state index is 0.00437. The molecule has 5 nitrogen and oxygen atoms in total. The first kappa shape index (κ1) is 16.6. The molecule has 2 heterocycles. The smallest absolute Gasteiger partial charge is 0.274 e. The van der Waals surface area contributed by atoms with Crippen LogP contribution in [0.3, 0.4) is 0 Å². The predicted octanol–water partition coefficient (Wildman–Crippen LogP) is 3.68. The lowest BCUT2D eigenvalue weighted by Gasteiger charge is -2.25. The van der Waals surface area contributed by atoms with Gasteiger partial charge in [0.1, 0.15) is 0 Å². The number of hydrogen-bond donors (Lipinski definition) is 0. The van der Waals surface area contributed by atoms with Gasteiger partial charge in [-0.2, -0.15) is 5.10 Å². The molecular weight excluding hydrogens is 302 g/mol. The Hall–Kier alpha value is -2.30. The Bertz CT molecular complexity index is 661. The summed E-state index contributed by atoms with van der Waals surface area (Å²) in [5.41, 5.74) is 1.37. The van der Waals surface area contributed by atoms with E-state index in [-0.39, 0.29) is 5.91 Å². The number of rotatable bonds is 6. The van der Waals surface area contributed by atoms with Crippen molar-refractivity contribution in [3.05, 3.63) is 42.1 Å². The maximum absolute atomic E-state index is 12.7. The molecule has 1 amide bonds. The first-order valence-electron chi connectivity index (χ1n) is 8.87. The van der Waals surface area contributed by atoms with E-state index < -0.39 is 0 Å². The van der Waals surface area contributed by atoms with Crippen molar-refractivity contribution in [2.75, 3.05) is 19.7 Å². The summed E-state index contributed by atoms with van der Waals surface area (Å²) in [4.78, 5) is 14.6. The van der Waals surface area contributed by atoms with E-state index in [1.807, 2.05) is 35.2 Å². The largest absolute Gasteiger partial charge is 0.478 e. The van der Waals surface area contributed by atoms with Crippen molar-refractivity contribution in [2.24, 2.45) is 0 Å². The third kappa shape index (κ3) is 3.78. The van der Waals surface area contributed by atoms with Crippen LogP contribution in [0.2, 0.25) is 0 Å². The zero-order valence-electron chi connectivity index (χ0n) is 14.3. The maximum Gasteiger partial charge on any atom is 0.274 e. The minimum atomic E-state index is 0.00437. The van der Waals surface area contributed by atoms with Gasteiger partial charge in [0.05, 0.1) is 12.3 Å². The van der Waals surface area contributed by atoms with E-state index in [0.29, 0.717) is 18.2 Å². The van der Waals surface area contributed by atoms with E-state index in [2.05, 4.69) is 12.0 Å². The normalized spacial score (nSPS) is 14.6. The van der Waals surface area contributed by atoms with Gasteiger partial charge in [0.25, 0.3) is 5.91 Å². The molecule has 5 heteroatoms. The van der Waals surface area contributed by atoms with Gasteiger partial charge in [-0.1, -0.05) is 31.5 Å². The van der Waals surface area contributed by atoms with Crippen LogP contribution in [0.1, 0.15) is 49.5 Å². The highest BCUT2D eigenvalue weighted by atomic mass is 16.5. The number of nitrogens with zero attached hydrogens (tertiary/aromatic N) is 3. The average molecular weight is 327 g/mol. The summed E-state index contributed by atoms with van der Waals surface area (Å²) in [6.07, 6.45) is 5.40. The van der Waals surface area contributed by atoms with Gasteiger partial charge in [-0.05, 0) is 37.8 Å². The third-order valence-corrected chi connectivity index (χ3v) is 4.29. The van der Waals surface area contributed by atoms with Gasteiger partial charge in [0.15, 0.2) is 5.69 Å². The molecule has 1 fully saturated rings. The average Bonchev–Trinajstić information content (AvgIpc) is 3.07. The third-order valence-electron chi connectivity index (χ3n) is 4.29. The van der Waals surface area contributed by atoms with Crippen molar-refractivity contribution in [2.45, 2.75) is 39.0 Å². The number of hydrogen-bond acceptors (Lipinski definition) is 3. The van der Waals surface area contributed by atoms with Crippen LogP contribution in [0, 0.1) is 0 Å². The Morgan fingerprint density at radius 1 is 1.17 bits per heavy atom. The molecule has 1 aromatic carbocycles. The number of amides is 1. The molecule has 3 rings (SSSR count). The maximum atomic E-state index is 12.7. The molecule has 1 aliphatic heterocycles. The van der Waals surface area contributed by atoms with E-state index in [9.17, 15) is 4.79 Å². The van der Waals surface area contributed by atoms with Crippen LogP contribution in [-0.4, -0.2) is 40.3 Å². The highest BCUT2D eigenvalue weighted by Crippen LogP contribution is 2.22. The molecule has 0 unspecified atom stereocenters. The standard InChI is InChI=1S/C19H25N3O2/c1-2-3-14-24-18-15-17(19(23)21-12-8-5-9-13-21)20-22(18)16-10-6-4-7-11-16/h4,6-7,10-11,15H,2-3,5,8-9,12-14H2,1H3. The number of carbonyl (C=O) groups is 1. The van der Waals surface area contributed by atoms with Crippen molar-refractivity contribution >= 4 is 5.91 Å². The van der Waals surface area contributed by atoms with Crippen molar-refractivity contribution < 1.29 is 9.53 Å². The SMILES string of the molecule is CCCCOc1cc(C(=O)N2CCCCC2)nn1-c1ccccc1.